The van der Waals surface area contributed by atoms with Crippen LogP contribution in [0.2, 0.25) is 0 Å². The highest BCUT2D eigenvalue weighted by atomic mass is 32.1. The zero-order valence-corrected chi connectivity index (χ0v) is 16.1. The second kappa shape index (κ2) is 7.92. The Morgan fingerprint density at radius 2 is 2.19 bits per heavy atom. The largest absolute Gasteiger partial charge is 0.370 e. The summed E-state index contributed by atoms with van der Waals surface area (Å²) >= 11 is 1.44. The zero-order valence-electron chi connectivity index (χ0n) is 15.3. The van der Waals surface area contributed by atoms with Crippen molar-refractivity contribution in [1.82, 2.24) is 15.2 Å². The number of hydrogen-bond donors (Lipinski definition) is 2. The zero-order chi connectivity index (χ0) is 18.6. The van der Waals surface area contributed by atoms with Crippen molar-refractivity contribution in [3.8, 4) is 10.6 Å². The summed E-state index contributed by atoms with van der Waals surface area (Å²) in [6, 6.07) is 8.03. The Labute approximate surface area is 162 Å². The van der Waals surface area contributed by atoms with Crippen LogP contribution in [0, 0.1) is 5.92 Å². The summed E-state index contributed by atoms with van der Waals surface area (Å²) in [5, 5.41) is 12.3. The maximum Gasteiger partial charge on any atom is 0.275 e. The molecule has 2 aromatic heterocycles. The maximum atomic E-state index is 12.7. The van der Waals surface area contributed by atoms with E-state index in [4.69, 9.17) is 0 Å². The van der Waals surface area contributed by atoms with Crippen LogP contribution in [-0.4, -0.2) is 34.2 Å². The van der Waals surface area contributed by atoms with Crippen LogP contribution in [0.5, 0.6) is 0 Å². The third-order valence-electron chi connectivity index (χ3n) is 4.99. The molecule has 2 N–H and O–H groups in total. The summed E-state index contributed by atoms with van der Waals surface area (Å²) < 4.78 is 0. The maximum absolute atomic E-state index is 12.7. The van der Waals surface area contributed by atoms with Crippen molar-refractivity contribution in [1.29, 1.82) is 0 Å². The van der Waals surface area contributed by atoms with E-state index in [0.29, 0.717) is 5.69 Å². The Morgan fingerprint density at radius 3 is 3.04 bits per heavy atom. The summed E-state index contributed by atoms with van der Waals surface area (Å²) in [6.07, 6.45) is 7.11. The Hall–Kier alpha value is -2.67. The number of aromatic amines is 1. The van der Waals surface area contributed by atoms with E-state index in [-0.39, 0.29) is 5.91 Å². The lowest BCUT2D eigenvalue weighted by Gasteiger charge is -2.25. The first-order chi connectivity index (χ1) is 13.2. The number of nitrogens with zero attached hydrogens (tertiary/aromatic N) is 3. The molecule has 1 unspecified atom stereocenters. The lowest BCUT2D eigenvalue weighted by atomic mass is 10.0. The molecule has 7 heteroatoms. The average Bonchev–Trinajstić information content (AvgIpc) is 3.33. The van der Waals surface area contributed by atoms with Gasteiger partial charge in [-0.2, -0.15) is 5.10 Å². The Morgan fingerprint density at radius 1 is 1.30 bits per heavy atom. The number of anilines is 2. The van der Waals surface area contributed by atoms with Gasteiger partial charge in [0.2, 0.25) is 0 Å². The molecular weight excluding hydrogens is 358 g/mol. The van der Waals surface area contributed by atoms with Crippen molar-refractivity contribution >= 4 is 28.6 Å². The Bertz CT molecular complexity index is 905. The molecule has 1 aliphatic rings. The van der Waals surface area contributed by atoms with Gasteiger partial charge < -0.3 is 10.2 Å². The lowest BCUT2D eigenvalue weighted by molar-refractivity contribution is 0.102. The minimum Gasteiger partial charge on any atom is -0.370 e. The van der Waals surface area contributed by atoms with Crippen LogP contribution in [0.4, 0.5) is 11.4 Å². The van der Waals surface area contributed by atoms with E-state index in [2.05, 4.69) is 38.4 Å². The van der Waals surface area contributed by atoms with E-state index in [9.17, 15) is 4.79 Å². The first-order valence-electron chi connectivity index (χ1n) is 9.30. The number of thiazole rings is 1. The normalized spacial score (nSPS) is 17.5. The summed E-state index contributed by atoms with van der Waals surface area (Å²) in [4.78, 5) is 19.6. The van der Waals surface area contributed by atoms with E-state index in [1.807, 2.05) is 18.2 Å². The van der Waals surface area contributed by atoms with E-state index in [1.165, 1.54) is 30.6 Å². The van der Waals surface area contributed by atoms with Gasteiger partial charge in [0.05, 0.1) is 17.6 Å². The first kappa shape index (κ1) is 17.7. The molecule has 0 saturated carbocycles. The van der Waals surface area contributed by atoms with Gasteiger partial charge in [0.25, 0.3) is 5.91 Å². The van der Waals surface area contributed by atoms with Crippen molar-refractivity contribution in [2.45, 2.75) is 26.2 Å². The van der Waals surface area contributed by atoms with Gasteiger partial charge in [-0.3, -0.25) is 9.89 Å². The van der Waals surface area contributed by atoms with Gasteiger partial charge in [0, 0.05) is 30.2 Å². The molecule has 0 bridgehead atoms. The molecule has 3 heterocycles. The van der Waals surface area contributed by atoms with Crippen LogP contribution in [0.25, 0.3) is 10.6 Å². The molecule has 0 aliphatic carbocycles. The molecule has 1 atom stereocenters. The molecular formula is C20H23N5OS. The van der Waals surface area contributed by atoms with Crippen LogP contribution in [-0.2, 0) is 0 Å². The molecule has 1 aromatic carbocycles. The minimum absolute atomic E-state index is 0.184. The van der Waals surface area contributed by atoms with Gasteiger partial charge in [0.1, 0.15) is 10.7 Å². The number of carbonyl (C=O) groups excluding carboxylic acids is 1. The number of carbonyl (C=O) groups is 1. The summed E-state index contributed by atoms with van der Waals surface area (Å²) in [7, 11) is 0. The highest BCUT2D eigenvalue weighted by molar-refractivity contribution is 7.13. The SMILES string of the molecule is CC1CCCN(c2ccccc2NC(=O)c2csc(-c3cn[nH]c3)n2)CC1. The predicted octanol–water partition coefficient (Wildman–Crippen LogP) is 4.41. The van der Waals surface area contributed by atoms with Crippen molar-refractivity contribution in [3.05, 3.63) is 47.7 Å². The second-order valence-electron chi connectivity index (χ2n) is 7.02. The van der Waals surface area contributed by atoms with E-state index < -0.39 is 0 Å². The molecule has 1 fully saturated rings. The molecule has 3 aromatic rings. The predicted molar refractivity (Wildman–Crippen MR) is 109 cm³/mol. The molecule has 27 heavy (non-hydrogen) atoms. The smallest absolute Gasteiger partial charge is 0.275 e. The quantitative estimate of drug-likeness (QED) is 0.702. The topological polar surface area (TPSA) is 73.9 Å². The Kier molecular flexibility index (Phi) is 5.20. The highest BCUT2D eigenvalue weighted by Gasteiger charge is 2.19. The number of H-pyrrole nitrogens is 1. The third-order valence-corrected chi connectivity index (χ3v) is 5.88. The summed E-state index contributed by atoms with van der Waals surface area (Å²) in [5.74, 6) is 0.574. The summed E-state index contributed by atoms with van der Waals surface area (Å²) in [6.45, 7) is 4.37. The van der Waals surface area contributed by atoms with Crippen molar-refractivity contribution in [2.75, 3.05) is 23.3 Å². The van der Waals surface area contributed by atoms with Gasteiger partial charge in [-0.1, -0.05) is 19.1 Å². The van der Waals surface area contributed by atoms with Crippen LogP contribution in [0.15, 0.2) is 42.0 Å². The van der Waals surface area contributed by atoms with E-state index >= 15 is 0 Å². The molecule has 1 aliphatic heterocycles. The molecule has 1 saturated heterocycles. The van der Waals surface area contributed by atoms with E-state index in [0.717, 1.165) is 41.0 Å². The molecule has 0 radical (unpaired) electrons. The van der Waals surface area contributed by atoms with Crippen molar-refractivity contribution in [3.63, 3.8) is 0 Å². The lowest BCUT2D eigenvalue weighted by Crippen LogP contribution is -2.26. The Balaban J connectivity index is 1.52. The van der Waals surface area contributed by atoms with Crippen LogP contribution >= 0.6 is 11.3 Å². The van der Waals surface area contributed by atoms with Gasteiger partial charge in [-0.05, 0) is 37.3 Å². The van der Waals surface area contributed by atoms with Crippen LogP contribution in [0.3, 0.4) is 0 Å². The van der Waals surface area contributed by atoms with Gasteiger partial charge >= 0.3 is 0 Å². The van der Waals surface area contributed by atoms with Crippen LogP contribution in [0.1, 0.15) is 36.7 Å². The van der Waals surface area contributed by atoms with Gasteiger partial charge in [0.15, 0.2) is 0 Å². The van der Waals surface area contributed by atoms with Crippen molar-refractivity contribution in [2.24, 2.45) is 5.92 Å². The fourth-order valence-electron chi connectivity index (χ4n) is 3.42. The fraction of sp³-hybridized carbons (Fsp3) is 0.350. The number of rotatable bonds is 4. The number of aromatic nitrogens is 3. The van der Waals surface area contributed by atoms with Crippen molar-refractivity contribution < 1.29 is 4.79 Å². The standard InChI is InChI=1S/C20H23N5OS/c1-14-5-4-9-25(10-8-14)18-7-3-2-6-16(18)23-19(26)17-13-27-20(24-17)15-11-21-22-12-15/h2-3,6-7,11-14H,4-5,8-10H2,1H3,(H,21,22)(H,23,26). The molecule has 4 rings (SSSR count). The first-order valence-corrected chi connectivity index (χ1v) is 10.2. The number of hydrogen-bond acceptors (Lipinski definition) is 5. The average molecular weight is 382 g/mol. The number of nitrogens with one attached hydrogen (secondary N) is 2. The highest BCUT2D eigenvalue weighted by Crippen LogP contribution is 2.30. The number of amides is 1. The van der Waals surface area contributed by atoms with Gasteiger partial charge in [-0.25, -0.2) is 4.98 Å². The van der Waals surface area contributed by atoms with Gasteiger partial charge in [-0.15, -0.1) is 11.3 Å². The molecule has 0 spiro atoms. The van der Waals surface area contributed by atoms with E-state index in [1.54, 1.807) is 17.8 Å². The molecule has 140 valence electrons. The number of benzene rings is 1. The third kappa shape index (κ3) is 4.03. The monoisotopic (exact) mass is 381 g/mol. The summed E-state index contributed by atoms with van der Waals surface area (Å²) in [5.41, 5.74) is 3.24. The molecule has 1 amide bonds. The second-order valence-corrected chi connectivity index (χ2v) is 7.88. The molecule has 6 nitrogen and oxygen atoms in total. The minimum atomic E-state index is -0.184. The number of para-hydroxylation sites is 2. The van der Waals surface area contributed by atoms with Crippen LogP contribution < -0.4 is 10.2 Å². The fourth-order valence-corrected chi connectivity index (χ4v) is 4.21.